The first kappa shape index (κ1) is 18.1. The van der Waals surface area contributed by atoms with E-state index in [2.05, 4.69) is 30.9 Å². The van der Waals surface area contributed by atoms with Crippen LogP contribution in [0.2, 0.25) is 5.02 Å². The maximum absolute atomic E-state index is 12.0. The molecule has 1 saturated heterocycles. The van der Waals surface area contributed by atoms with E-state index < -0.39 is 5.60 Å². The molecule has 0 spiro atoms. The van der Waals surface area contributed by atoms with Gasteiger partial charge in [-0.25, -0.2) is 0 Å². The van der Waals surface area contributed by atoms with Gasteiger partial charge in [-0.3, -0.25) is 4.79 Å². The van der Waals surface area contributed by atoms with Crippen LogP contribution in [0.5, 0.6) is 0 Å². The van der Waals surface area contributed by atoms with Crippen molar-refractivity contribution < 1.29 is 9.53 Å². The minimum Gasteiger partial charge on any atom is -0.460 e. The summed E-state index contributed by atoms with van der Waals surface area (Å²) >= 11 is 6.40. The molecular formula is C19H28ClNO2. The smallest absolute Gasteiger partial charge is 0.306 e. The van der Waals surface area contributed by atoms with Gasteiger partial charge < -0.3 is 9.64 Å². The number of halogens is 1. The van der Waals surface area contributed by atoms with Gasteiger partial charge in [0.25, 0.3) is 0 Å². The Hall–Kier alpha value is -1.22. The molecule has 1 aliphatic rings. The highest BCUT2D eigenvalue weighted by atomic mass is 35.5. The molecule has 0 amide bonds. The summed E-state index contributed by atoms with van der Waals surface area (Å²) in [6.45, 7) is 11.9. The first-order valence-corrected chi connectivity index (χ1v) is 8.80. The summed E-state index contributed by atoms with van der Waals surface area (Å²) in [4.78, 5) is 14.3. The number of esters is 1. The molecule has 128 valence electrons. The lowest BCUT2D eigenvalue weighted by Gasteiger charge is -2.22. The van der Waals surface area contributed by atoms with Crippen molar-refractivity contribution in [2.45, 2.75) is 59.0 Å². The van der Waals surface area contributed by atoms with Crippen molar-refractivity contribution >= 4 is 23.3 Å². The van der Waals surface area contributed by atoms with Gasteiger partial charge in [0.1, 0.15) is 5.60 Å². The van der Waals surface area contributed by atoms with Crippen molar-refractivity contribution in [3.63, 3.8) is 0 Å². The van der Waals surface area contributed by atoms with Crippen molar-refractivity contribution in [3.05, 3.63) is 28.8 Å². The van der Waals surface area contributed by atoms with E-state index in [0.717, 1.165) is 30.2 Å². The monoisotopic (exact) mass is 337 g/mol. The fourth-order valence-electron chi connectivity index (χ4n) is 3.03. The Morgan fingerprint density at radius 3 is 2.65 bits per heavy atom. The van der Waals surface area contributed by atoms with Crippen molar-refractivity contribution in [3.8, 4) is 0 Å². The van der Waals surface area contributed by atoms with Gasteiger partial charge in [0, 0.05) is 23.8 Å². The summed E-state index contributed by atoms with van der Waals surface area (Å²) in [5.74, 6) is 0.681. The molecule has 23 heavy (non-hydrogen) atoms. The average molecular weight is 338 g/mol. The van der Waals surface area contributed by atoms with Crippen molar-refractivity contribution in [2.75, 3.05) is 18.0 Å². The van der Waals surface area contributed by atoms with Crippen LogP contribution in [0.25, 0.3) is 0 Å². The second kappa shape index (κ2) is 7.12. The number of nitrogens with zero attached hydrogens (tertiary/aromatic N) is 1. The Kier molecular flexibility index (Phi) is 5.61. The number of anilines is 1. The standard InChI is InChI=1S/C19H28ClNO2/c1-13(2)16-7-6-15(11-17(16)20)21-9-8-14(12-21)10-18(22)23-19(3,4)5/h6-7,11,13-14H,8-10,12H2,1-5H3. The molecule has 4 heteroatoms. The normalized spacial score (nSPS) is 18.6. The number of hydrogen-bond acceptors (Lipinski definition) is 3. The maximum atomic E-state index is 12.0. The third-order valence-corrected chi connectivity index (χ3v) is 4.46. The molecular weight excluding hydrogens is 310 g/mol. The molecule has 1 fully saturated rings. The zero-order valence-corrected chi connectivity index (χ0v) is 15.6. The fraction of sp³-hybridized carbons (Fsp3) is 0.632. The van der Waals surface area contributed by atoms with Crippen LogP contribution in [0.3, 0.4) is 0 Å². The molecule has 1 aliphatic heterocycles. The minimum atomic E-state index is -0.407. The molecule has 2 rings (SSSR count). The van der Waals surface area contributed by atoms with Gasteiger partial charge in [0.05, 0.1) is 6.42 Å². The van der Waals surface area contributed by atoms with Crippen molar-refractivity contribution in [1.82, 2.24) is 0 Å². The van der Waals surface area contributed by atoms with Gasteiger partial charge in [0.2, 0.25) is 0 Å². The molecule has 0 aromatic heterocycles. The Balaban J connectivity index is 1.95. The predicted molar refractivity (Wildman–Crippen MR) is 96.3 cm³/mol. The van der Waals surface area contributed by atoms with Crippen LogP contribution in [0, 0.1) is 5.92 Å². The number of carbonyl (C=O) groups is 1. The van der Waals surface area contributed by atoms with Crippen LogP contribution in [0.15, 0.2) is 18.2 Å². The average Bonchev–Trinajstić information content (AvgIpc) is 2.84. The topological polar surface area (TPSA) is 29.5 Å². The molecule has 0 bridgehead atoms. The van der Waals surface area contributed by atoms with Crippen LogP contribution in [0.4, 0.5) is 5.69 Å². The number of ether oxygens (including phenoxy) is 1. The quantitative estimate of drug-likeness (QED) is 0.722. The number of carbonyl (C=O) groups excluding carboxylic acids is 1. The molecule has 0 aliphatic carbocycles. The number of hydrogen-bond donors (Lipinski definition) is 0. The largest absolute Gasteiger partial charge is 0.460 e. The van der Waals surface area contributed by atoms with Gasteiger partial charge in [-0.15, -0.1) is 0 Å². The van der Waals surface area contributed by atoms with Gasteiger partial charge in [-0.2, -0.15) is 0 Å². The zero-order chi connectivity index (χ0) is 17.2. The summed E-state index contributed by atoms with van der Waals surface area (Å²) in [5.41, 5.74) is 1.92. The summed E-state index contributed by atoms with van der Waals surface area (Å²) in [7, 11) is 0. The lowest BCUT2D eigenvalue weighted by Crippen LogP contribution is -2.26. The molecule has 0 saturated carbocycles. The SMILES string of the molecule is CC(C)c1ccc(N2CCC(CC(=O)OC(C)(C)C)C2)cc1Cl. The molecule has 3 nitrogen and oxygen atoms in total. The van der Waals surface area contributed by atoms with Gasteiger partial charge in [0.15, 0.2) is 0 Å². The third-order valence-electron chi connectivity index (χ3n) is 4.13. The minimum absolute atomic E-state index is 0.0995. The molecule has 0 radical (unpaired) electrons. The van der Waals surface area contributed by atoms with Crippen LogP contribution < -0.4 is 4.90 Å². The zero-order valence-electron chi connectivity index (χ0n) is 14.9. The lowest BCUT2D eigenvalue weighted by molar-refractivity contribution is -0.155. The summed E-state index contributed by atoms with van der Waals surface area (Å²) in [5, 5.41) is 0.827. The molecule has 1 unspecified atom stereocenters. The van der Waals surface area contributed by atoms with E-state index in [1.54, 1.807) is 0 Å². The van der Waals surface area contributed by atoms with Gasteiger partial charge in [-0.05, 0) is 56.7 Å². The van der Waals surface area contributed by atoms with E-state index in [1.807, 2.05) is 26.8 Å². The van der Waals surface area contributed by atoms with Gasteiger partial charge >= 0.3 is 5.97 Å². The highest BCUT2D eigenvalue weighted by Crippen LogP contribution is 2.32. The van der Waals surface area contributed by atoms with E-state index >= 15 is 0 Å². The van der Waals surface area contributed by atoms with Gasteiger partial charge in [-0.1, -0.05) is 31.5 Å². The number of rotatable bonds is 4. The highest BCUT2D eigenvalue weighted by molar-refractivity contribution is 6.31. The van der Waals surface area contributed by atoms with E-state index in [4.69, 9.17) is 16.3 Å². The summed E-state index contributed by atoms with van der Waals surface area (Å²) in [6.07, 6.45) is 1.51. The predicted octanol–water partition coefficient (Wildman–Crippen LogP) is 5.02. The second-order valence-electron chi connectivity index (χ2n) is 7.75. The molecule has 1 aromatic rings. The van der Waals surface area contributed by atoms with Crippen LogP contribution in [-0.2, 0) is 9.53 Å². The summed E-state index contributed by atoms with van der Waals surface area (Å²) in [6, 6.07) is 6.30. The lowest BCUT2D eigenvalue weighted by atomic mass is 10.0. The first-order valence-electron chi connectivity index (χ1n) is 8.42. The van der Waals surface area contributed by atoms with Crippen LogP contribution >= 0.6 is 11.6 Å². The van der Waals surface area contributed by atoms with E-state index in [0.29, 0.717) is 18.3 Å². The highest BCUT2D eigenvalue weighted by Gasteiger charge is 2.27. The summed E-state index contributed by atoms with van der Waals surface area (Å²) < 4.78 is 5.42. The Bertz CT molecular complexity index is 563. The second-order valence-corrected chi connectivity index (χ2v) is 8.16. The van der Waals surface area contributed by atoms with E-state index in [1.165, 1.54) is 5.56 Å². The molecule has 0 N–H and O–H groups in total. The Labute approximate surface area is 145 Å². The van der Waals surface area contributed by atoms with Crippen LogP contribution in [-0.4, -0.2) is 24.7 Å². The number of benzene rings is 1. The third kappa shape index (κ3) is 5.13. The Morgan fingerprint density at radius 2 is 2.09 bits per heavy atom. The maximum Gasteiger partial charge on any atom is 0.306 e. The molecule has 1 aromatic carbocycles. The Morgan fingerprint density at radius 1 is 1.39 bits per heavy atom. The van der Waals surface area contributed by atoms with Crippen molar-refractivity contribution in [2.24, 2.45) is 5.92 Å². The van der Waals surface area contributed by atoms with E-state index in [9.17, 15) is 4.79 Å². The molecule has 1 atom stereocenters. The first-order chi connectivity index (χ1) is 10.7. The van der Waals surface area contributed by atoms with Crippen LogP contribution in [0.1, 0.15) is 58.9 Å². The molecule has 1 heterocycles. The van der Waals surface area contributed by atoms with E-state index in [-0.39, 0.29) is 5.97 Å². The van der Waals surface area contributed by atoms with Crippen molar-refractivity contribution in [1.29, 1.82) is 0 Å². The fourth-order valence-corrected chi connectivity index (χ4v) is 3.43.